The number of amides is 2. The normalized spacial score (nSPS) is 21.6. The first-order valence-electron chi connectivity index (χ1n) is 10.00. The van der Waals surface area contributed by atoms with Gasteiger partial charge in [0, 0.05) is 36.4 Å². The number of carbonyl (C=O) groups is 2. The first-order valence-corrected chi connectivity index (χ1v) is 10.8. The lowest BCUT2D eigenvalue weighted by molar-refractivity contribution is -0.133. The van der Waals surface area contributed by atoms with Crippen LogP contribution in [0.5, 0.6) is 0 Å². The van der Waals surface area contributed by atoms with Crippen molar-refractivity contribution < 1.29 is 9.59 Å². The Labute approximate surface area is 183 Å². The maximum Gasteiger partial charge on any atom is 0.265 e. The summed E-state index contributed by atoms with van der Waals surface area (Å²) < 4.78 is 0. The van der Waals surface area contributed by atoms with Crippen LogP contribution < -0.4 is 4.90 Å². The number of nitrogens with zero attached hydrogens (tertiary/aromatic N) is 3. The van der Waals surface area contributed by atoms with Gasteiger partial charge in [-0.25, -0.2) is 0 Å². The van der Waals surface area contributed by atoms with Crippen LogP contribution in [0.2, 0.25) is 5.02 Å². The number of halogens is 1. The number of fused-ring (bicyclic) bond motifs is 1. The molecule has 2 heterocycles. The van der Waals surface area contributed by atoms with Gasteiger partial charge in [0.2, 0.25) is 0 Å². The van der Waals surface area contributed by atoms with Crippen molar-refractivity contribution in [1.29, 1.82) is 0 Å². The molecule has 0 aliphatic carbocycles. The first-order chi connectivity index (χ1) is 13.5. The van der Waals surface area contributed by atoms with Crippen molar-refractivity contribution >= 4 is 52.5 Å². The molecule has 0 radical (unpaired) electrons. The van der Waals surface area contributed by atoms with Crippen LogP contribution in [0.4, 0.5) is 5.69 Å². The zero-order chi connectivity index (χ0) is 21.7. The molecule has 7 heteroatoms. The van der Waals surface area contributed by atoms with E-state index < -0.39 is 0 Å². The summed E-state index contributed by atoms with van der Waals surface area (Å²) in [4.78, 5) is 31.0. The van der Waals surface area contributed by atoms with Gasteiger partial charge >= 0.3 is 0 Å². The molecule has 2 amide bonds. The molecule has 3 rings (SSSR count). The first kappa shape index (κ1) is 21.8. The van der Waals surface area contributed by atoms with Crippen LogP contribution in [0.3, 0.4) is 0 Å². The minimum absolute atomic E-state index is 0.0317. The molecule has 2 aliphatic heterocycles. The molecular formula is C22H28ClN3O2S. The van der Waals surface area contributed by atoms with Crippen LogP contribution >= 0.6 is 23.8 Å². The van der Waals surface area contributed by atoms with Gasteiger partial charge in [-0.05, 0) is 81.6 Å². The highest BCUT2D eigenvalue weighted by atomic mass is 35.5. The average Bonchev–Trinajstić information content (AvgIpc) is 2.64. The summed E-state index contributed by atoms with van der Waals surface area (Å²) in [7, 11) is 2.08. The third-order valence-corrected chi connectivity index (χ3v) is 6.87. The molecule has 5 nitrogen and oxygen atoms in total. The highest BCUT2D eigenvalue weighted by molar-refractivity contribution is 7.80. The highest BCUT2D eigenvalue weighted by Gasteiger charge is 2.38. The molecule has 0 aromatic heterocycles. The number of anilines is 1. The number of likely N-dealkylation sites (N-methyl/N-ethyl adjacent to an activating group) is 2. The van der Waals surface area contributed by atoms with Crippen molar-refractivity contribution in [3.8, 4) is 0 Å². The summed E-state index contributed by atoms with van der Waals surface area (Å²) in [6, 6.07) is 3.96. The quantitative estimate of drug-likeness (QED) is 0.401. The Balaban J connectivity index is 2.11. The minimum atomic E-state index is -0.368. The summed E-state index contributed by atoms with van der Waals surface area (Å²) in [6.07, 6.45) is 2.63. The van der Waals surface area contributed by atoms with Crippen LogP contribution in [-0.2, 0) is 9.59 Å². The number of thiocarbonyl (C=S) groups is 1. The Morgan fingerprint density at radius 2 is 1.72 bits per heavy atom. The minimum Gasteiger partial charge on any atom is -0.369 e. The number of rotatable bonds is 3. The Kier molecular flexibility index (Phi) is 5.80. The summed E-state index contributed by atoms with van der Waals surface area (Å²) >= 11 is 11.9. The number of hydrogen-bond donors (Lipinski definition) is 0. The molecule has 1 atom stereocenters. The SMILES string of the molecule is CCN1C(=O)C(=Cc2cc3c(cc2Cl)N(C)C(C)(C)C[C@H]3C)C(=O)N(CC)C1=S. The molecule has 0 bridgehead atoms. The van der Waals surface area contributed by atoms with Gasteiger partial charge in [-0.2, -0.15) is 0 Å². The number of carbonyl (C=O) groups excluding carboxylic acids is 2. The molecule has 29 heavy (non-hydrogen) atoms. The lowest BCUT2D eigenvalue weighted by atomic mass is 9.80. The van der Waals surface area contributed by atoms with E-state index in [1.165, 1.54) is 15.4 Å². The lowest BCUT2D eigenvalue weighted by Crippen LogP contribution is -2.55. The van der Waals surface area contributed by atoms with E-state index in [2.05, 4.69) is 32.7 Å². The van der Waals surface area contributed by atoms with Crippen molar-refractivity contribution in [2.75, 3.05) is 25.0 Å². The van der Waals surface area contributed by atoms with Gasteiger partial charge in [0.25, 0.3) is 11.8 Å². The number of benzene rings is 1. The average molecular weight is 434 g/mol. The molecule has 1 aromatic rings. The Hall–Kier alpha value is -1.92. The van der Waals surface area contributed by atoms with Crippen LogP contribution in [-0.4, -0.2) is 52.4 Å². The van der Waals surface area contributed by atoms with Crippen molar-refractivity contribution in [3.05, 3.63) is 33.9 Å². The maximum atomic E-state index is 12.9. The van der Waals surface area contributed by atoms with Gasteiger partial charge in [-0.15, -0.1) is 0 Å². The van der Waals surface area contributed by atoms with E-state index in [1.807, 2.05) is 26.0 Å². The molecule has 1 fully saturated rings. The number of hydrogen-bond acceptors (Lipinski definition) is 4. The van der Waals surface area contributed by atoms with Gasteiger partial charge in [0.15, 0.2) is 5.11 Å². The van der Waals surface area contributed by atoms with E-state index in [-0.39, 0.29) is 28.0 Å². The molecule has 0 saturated carbocycles. The smallest absolute Gasteiger partial charge is 0.265 e. The summed E-state index contributed by atoms with van der Waals surface area (Å²) in [6.45, 7) is 11.1. The molecule has 1 aromatic carbocycles. The van der Waals surface area contributed by atoms with Gasteiger partial charge < -0.3 is 4.90 Å². The van der Waals surface area contributed by atoms with Crippen molar-refractivity contribution in [1.82, 2.24) is 9.80 Å². The third kappa shape index (κ3) is 3.57. The highest BCUT2D eigenvalue weighted by Crippen LogP contribution is 2.44. The van der Waals surface area contributed by atoms with Crippen LogP contribution in [0.15, 0.2) is 17.7 Å². The van der Waals surface area contributed by atoms with Gasteiger partial charge in [-0.1, -0.05) is 18.5 Å². The molecule has 0 unspecified atom stereocenters. The van der Waals surface area contributed by atoms with Crippen LogP contribution in [0, 0.1) is 0 Å². The van der Waals surface area contributed by atoms with Crippen molar-refractivity contribution in [2.24, 2.45) is 0 Å². The second kappa shape index (κ2) is 7.73. The molecule has 0 spiro atoms. The fourth-order valence-corrected chi connectivity index (χ4v) is 4.89. The third-order valence-electron chi connectivity index (χ3n) is 6.10. The van der Waals surface area contributed by atoms with Gasteiger partial charge in [0.05, 0.1) is 0 Å². The predicted molar refractivity (Wildman–Crippen MR) is 122 cm³/mol. The molecule has 156 valence electrons. The molecular weight excluding hydrogens is 406 g/mol. The van der Waals surface area contributed by atoms with E-state index in [4.69, 9.17) is 23.8 Å². The van der Waals surface area contributed by atoms with E-state index >= 15 is 0 Å². The molecule has 1 saturated heterocycles. The Morgan fingerprint density at radius 1 is 1.17 bits per heavy atom. The van der Waals surface area contributed by atoms with Gasteiger partial charge in [0.1, 0.15) is 5.57 Å². The Morgan fingerprint density at radius 3 is 2.24 bits per heavy atom. The summed E-state index contributed by atoms with van der Waals surface area (Å²) in [5, 5.41) is 0.781. The van der Waals surface area contributed by atoms with E-state index in [0.29, 0.717) is 29.6 Å². The van der Waals surface area contributed by atoms with Crippen molar-refractivity contribution in [3.63, 3.8) is 0 Å². The summed E-state index contributed by atoms with van der Waals surface area (Å²) in [5.74, 6) is -0.394. The van der Waals surface area contributed by atoms with Crippen LogP contribution in [0.25, 0.3) is 6.08 Å². The largest absolute Gasteiger partial charge is 0.369 e. The predicted octanol–water partition coefficient (Wildman–Crippen LogP) is 4.44. The van der Waals surface area contributed by atoms with Crippen LogP contribution in [0.1, 0.15) is 58.1 Å². The lowest BCUT2D eigenvalue weighted by Gasteiger charge is -2.45. The molecule has 0 N–H and O–H groups in total. The van der Waals surface area contributed by atoms with E-state index in [9.17, 15) is 9.59 Å². The monoisotopic (exact) mass is 433 g/mol. The topological polar surface area (TPSA) is 43.9 Å². The maximum absolute atomic E-state index is 12.9. The Bertz CT molecular complexity index is 897. The van der Waals surface area contributed by atoms with E-state index in [1.54, 1.807) is 6.08 Å². The second-order valence-corrected chi connectivity index (χ2v) is 9.12. The van der Waals surface area contributed by atoms with E-state index in [0.717, 1.165) is 12.1 Å². The zero-order valence-corrected chi connectivity index (χ0v) is 19.4. The second-order valence-electron chi connectivity index (χ2n) is 8.35. The summed E-state index contributed by atoms with van der Waals surface area (Å²) in [5.41, 5.74) is 3.08. The van der Waals surface area contributed by atoms with Gasteiger partial charge in [-0.3, -0.25) is 19.4 Å². The van der Waals surface area contributed by atoms with Crippen molar-refractivity contribution in [2.45, 2.75) is 52.5 Å². The standard InChI is InChI=1S/C22H28ClN3O2S/c1-7-25-19(27)16(20(28)26(8-2)21(25)29)10-14-9-15-13(3)12-22(4,5)24(6)18(15)11-17(14)23/h9-11,13H,7-8,12H2,1-6H3/t13-/m1/s1. The molecule has 2 aliphatic rings. The fourth-order valence-electron chi connectivity index (χ4n) is 4.25. The fraction of sp³-hybridized carbons (Fsp3) is 0.500. The zero-order valence-electron chi connectivity index (χ0n) is 17.9.